The molecule has 0 aromatic heterocycles. The summed E-state index contributed by atoms with van der Waals surface area (Å²) < 4.78 is 11.5. The third kappa shape index (κ3) is 3.69. The quantitative estimate of drug-likeness (QED) is 0.420. The highest BCUT2D eigenvalue weighted by Gasteiger charge is 2.07. The average molecular weight is 338 g/mol. The van der Waals surface area contributed by atoms with Crippen LogP contribution in [0.5, 0.6) is 34.5 Å². The van der Waals surface area contributed by atoms with Gasteiger partial charge in [0.2, 0.25) is 0 Å². The fourth-order valence-electron chi connectivity index (χ4n) is 2.24. The van der Waals surface area contributed by atoms with Crippen LogP contribution in [-0.4, -0.2) is 10.2 Å². The van der Waals surface area contributed by atoms with E-state index >= 15 is 0 Å². The van der Waals surface area contributed by atoms with Crippen molar-refractivity contribution in [1.82, 2.24) is 0 Å². The second kappa shape index (κ2) is 6.52. The Kier molecular flexibility index (Phi) is 4.26. The molecule has 0 unspecified atom stereocenters. The largest absolute Gasteiger partial charge is 0.506 e. The molecule has 25 heavy (non-hydrogen) atoms. The first-order valence-corrected chi connectivity index (χ1v) is 7.56. The van der Waals surface area contributed by atoms with Gasteiger partial charge in [-0.25, -0.2) is 0 Å². The lowest BCUT2D eigenvalue weighted by molar-refractivity contribution is 0.448. The molecule has 3 rings (SSSR count). The predicted octanol–water partition coefficient (Wildman–Crippen LogP) is 4.16. The fourth-order valence-corrected chi connectivity index (χ4v) is 2.24. The van der Waals surface area contributed by atoms with E-state index in [-0.39, 0.29) is 11.5 Å². The maximum absolute atomic E-state index is 9.64. The van der Waals surface area contributed by atoms with Crippen LogP contribution in [0.25, 0.3) is 0 Å². The molecule has 6 heteroatoms. The monoisotopic (exact) mass is 338 g/mol. The summed E-state index contributed by atoms with van der Waals surface area (Å²) >= 11 is 0. The zero-order valence-corrected chi connectivity index (χ0v) is 13.6. The summed E-state index contributed by atoms with van der Waals surface area (Å²) in [6, 6.07) is 14.7. The standard InChI is InChI=1S/C19H18N2O4/c1-11-8-12(24-13-2-5-15(20)17(22)9-13)4-7-19(11)25-14-3-6-16(21)18(23)10-14/h2-10,22-23H,20-21H2,1H3. The lowest BCUT2D eigenvalue weighted by Gasteiger charge is -2.12. The summed E-state index contributed by atoms with van der Waals surface area (Å²) in [4.78, 5) is 0. The molecular weight excluding hydrogens is 320 g/mol. The molecule has 6 N–H and O–H groups in total. The van der Waals surface area contributed by atoms with Crippen molar-refractivity contribution in [3.8, 4) is 34.5 Å². The van der Waals surface area contributed by atoms with Gasteiger partial charge in [0.1, 0.15) is 34.5 Å². The number of phenolic OH excluding ortho intramolecular Hbond substituents is 2. The van der Waals surface area contributed by atoms with Gasteiger partial charge >= 0.3 is 0 Å². The molecule has 0 amide bonds. The minimum absolute atomic E-state index is 0.0294. The van der Waals surface area contributed by atoms with Gasteiger partial charge in [-0.3, -0.25) is 0 Å². The van der Waals surface area contributed by atoms with Gasteiger partial charge in [-0.05, 0) is 55.0 Å². The van der Waals surface area contributed by atoms with E-state index in [0.29, 0.717) is 34.4 Å². The van der Waals surface area contributed by atoms with E-state index in [0.717, 1.165) is 5.56 Å². The topological polar surface area (TPSA) is 111 Å². The molecule has 0 heterocycles. The van der Waals surface area contributed by atoms with E-state index in [4.69, 9.17) is 20.9 Å². The van der Waals surface area contributed by atoms with Crippen molar-refractivity contribution in [3.63, 3.8) is 0 Å². The SMILES string of the molecule is Cc1cc(Oc2ccc(N)c(O)c2)ccc1Oc1ccc(N)c(O)c1. The molecule has 0 fully saturated rings. The number of anilines is 2. The first-order valence-electron chi connectivity index (χ1n) is 7.56. The Morgan fingerprint density at radius 3 is 1.68 bits per heavy atom. The van der Waals surface area contributed by atoms with E-state index in [1.165, 1.54) is 12.1 Å². The zero-order chi connectivity index (χ0) is 18.0. The van der Waals surface area contributed by atoms with Crippen molar-refractivity contribution < 1.29 is 19.7 Å². The summed E-state index contributed by atoms with van der Waals surface area (Å²) in [5, 5.41) is 19.3. The third-order valence-electron chi connectivity index (χ3n) is 3.61. The van der Waals surface area contributed by atoms with Crippen molar-refractivity contribution in [2.75, 3.05) is 11.5 Å². The maximum Gasteiger partial charge on any atom is 0.142 e. The number of ether oxygens (including phenoxy) is 2. The smallest absolute Gasteiger partial charge is 0.142 e. The Morgan fingerprint density at radius 2 is 1.16 bits per heavy atom. The van der Waals surface area contributed by atoms with E-state index in [9.17, 15) is 10.2 Å². The molecule has 0 aliphatic rings. The maximum atomic E-state index is 9.64. The van der Waals surface area contributed by atoms with Gasteiger partial charge in [0, 0.05) is 12.1 Å². The highest BCUT2D eigenvalue weighted by atomic mass is 16.5. The lowest BCUT2D eigenvalue weighted by atomic mass is 10.2. The molecule has 0 spiro atoms. The van der Waals surface area contributed by atoms with Crippen LogP contribution in [0.1, 0.15) is 5.56 Å². The van der Waals surface area contributed by atoms with Gasteiger partial charge in [0.25, 0.3) is 0 Å². The van der Waals surface area contributed by atoms with Crippen LogP contribution >= 0.6 is 0 Å². The first-order chi connectivity index (χ1) is 11.9. The summed E-state index contributed by atoms with van der Waals surface area (Å²) in [5.41, 5.74) is 12.6. The van der Waals surface area contributed by atoms with Crippen LogP contribution in [0.2, 0.25) is 0 Å². The van der Waals surface area contributed by atoms with E-state index in [2.05, 4.69) is 0 Å². The summed E-state index contributed by atoms with van der Waals surface area (Å²) in [6.07, 6.45) is 0. The number of hydrogen-bond acceptors (Lipinski definition) is 6. The Balaban J connectivity index is 1.78. The van der Waals surface area contributed by atoms with Crippen molar-refractivity contribution in [3.05, 3.63) is 60.2 Å². The van der Waals surface area contributed by atoms with Crippen LogP contribution in [0.15, 0.2) is 54.6 Å². The molecule has 3 aromatic rings. The number of nitrogen functional groups attached to an aromatic ring is 2. The minimum Gasteiger partial charge on any atom is -0.506 e. The molecule has 0 aliphatic carbocycles. The van der Waals surface area contributed by atoms with Crippen molar-refractivity contribution in [2.24, 2.45) is 0 Å². The highest BCUT2D eigenvalue weighted by molar-refractivity contribution is 5.56. The number of aromatic hydroxyl groups is 2. The van der Waals surface area contributed by atoms with E-state index in [1.807, 2.05) is 6.92 Å². The number of hydrogen-bond donors (Lipinski definition) is 4. The van der Waals surface area contributed by atoms with Crippen LogP contribution in [-0.2, 0) is 0 Å². The number of aryl methyl sites for hydroxylation is 1. The highest BCUT2D eigenvalue weighted by Crippen LogP contribution is 2.34. The molecule has 3 aromatic carbocycles. The van der Waals surface area contributed by atoms with Gasteiger partial charge < -0.3 is 31.2 Å². The van der Waals surface area contributed by atoms with Gasteiger partial charge in [0.05, 0.1) is 11.4 Å². The predicted molar refractivity (Wildman–Crippen MR) is 96.4 cm³/mol. The number of benzene rings is 3. The summed E-state index contributed by atoms with van der Waals surface area (Å²) in [5.74, 6) is 2.11. The second-order valence-electron chi connectivity index (χ2n) is 5.57. The van der Waals surface area contributed by atoms with E-state index < -0.39 is 0 Å². The molecular formula is C19H18N2O4. The number of nitrogens with two attached hydrogens (primary N) is 2. The van der Waals surface area contributed by atoms with Gasteiger partial charge in [0.15, 0.2) is 0 Å². The Labute approximate surface area is 144 Å². The van der Waals surface area contributed by atoms with Crippen LogP contribution in [0.3, 0.4) is 0 Å². The first kappa shape index (κ1) is 16.3. The average Bonchev–Trinajstić information content (AvgIpc) is 2.57. The normalized spacial score (nSPS) is 10.4. The van der Waals surface area contributed by atoms with Crippen molar-refractivity contribution in [2.45, 2.75) is 6.92 Å². The van der Waals surface area contributed by atoms with Gasteiger partial charge in [-0.15, -0.1) is 0 Å². The Morgan fingerprint density at radius 1 is 0.680 bits per heavy atom. The molecule has 0 radical (unpaired) electrons. The molecule has 0 saturated heterocycles. The van der Waals surface area contributed by atoms with Crippen LogP contribution in [0.4, 0.5) is 11.4 Å². The van der Waals surface area contributed by atoms with Crippen molar-refractivity contribution >= 4 is 11.4 Å². The van der Waals surface area contributed by atoms with Crippen LogP contribution < -0.4 is 20.9 Å². The molecule has 128 valence electrons. The number of rotatable bonds is 4. The summed E-state index contributed by atoms with van der Waals surface area (Å²) in [7, 11) is 0. The summed E-state index contributed by atoms with van der Waals surface area (Å²) in [6.45, 7) is 1.87. The molecule has 0 saturated carbocycles. The van der Waals surface area contributed by atoms with E-state index in [1.54, 1.807) is 42.5 Å². The van der Waals surface area contributed by atoms with Gasteiger partial charge in [-0.1, -0.05) is 0 Å². The molecule has 6 nitrogen and oxygen atoms in total. The third-order valence-corrected chi connectivity index (χ3v) is 3.61. The molecule has 0 aliphatic heterocycles. The van der Waals surface area contributed by atoms with Crippen LogP contribution in [0, 0.1) is 6.92 Å². The molecule has 0 atom stereocenters. The molecule has 0 bridgehead atoms. The minimum atomic E-state index is -0.0302. The van der Waals surface area contributed by atoms with Gasteiger partial charge in [-0.2, -0.15) is 0 Å². The zero-order valence-electron chi connectivity index (χ0n) is 13.6. The Bertz CT molecular complexity index is 925. The number of phenols is 2. The second-order valence-corrected chi connectivity index (χ2v) is 5.57. The fraction of sp³-hybridized carbons (Fsp3) is 0.0526. The lowest BCUT2D eigenvalue weighted by Crippen LogP contribution is -1.92. The Hall–Kier alpha value is -3.54. The van der Waals surface area contributed by atoms with Crippen molar-refractivity contribution in [1.29, 1.82) is 0 Å².